The molecule has 0 amide bonds. The molecule has 0 saturated carbocycles. The average molecular weight is 290 g/mol. The summed E-state index contributed by atoms with van der Waals surface area (Å²) < 4.78 is 5.48. The number of carbonyl (C=O) groups is 1. The zero-order chi connectivity index (χ0) is 14.5. The molecule has 0 aliphatic rings. The zero-order valence-electron chi connectivity index (χ0n) is 11.2. The molecule has 0 unspecified atom stereocenters. The first-order valence-corrected chi connectivity index (χ1v) is 6.82. The first-order valence-electron chi connectivity index (χ1n) is 6.44. The molecule has 0 aliphatic carbocycles. The predicted octanol–water partition coefficient (Wildman–Crippen LogP) is 3.94. The van der Waals surface area contributed by atoms with Crippen LogP contribution in [-0.4, -0.2) is 12.4 Å². The topological polar surface area (TPSA) is 52.3 Å². The van der Waals surface area contributed by atoms with E-state index in [0.717, 1.165) is 6.42 Å². The van der Waals surface area contributed by atoms with Crippen LogP contribution in [0.25, 0.3) is 0 Å². The number of hydrogen-bond donors (Lipinski definition) is 1. The van der Waals surface area contributed by atoms with Gasteiger partial charge >= 0.3 is 0 Å². The number of halogens is 1. The van der Waals surface area contributed by atoms with Gasteiger partial charge in [-0.2, -0.15) is 0 Å². The van der Waals surface area contributed by atoms with E-state index in [1.54, 1.807) is 42.5 Å². The Bertz CT molecular complexity index is 608. The van der Waals surface area contributed by atoms with E-state index < -0.39 is 0 Å². The number of ether oxygens (including phenoxy) is 1. The number of anilines is 1. The molecule has 104 valence electrons. The molecule has 0 atom stereocenters. The van der Waals surface area contributed by atoms with Gasteiger partial charge in [-0.1, -0.05) is 18.5 Å². The molecule has 0 heterocycles. The molecular weight excluding hydrogens is 274 g/mol. The summed E-state index contributed by atoms with van der Waals surface area (Å²) in [6.45, 7) is 2.65. The lowest BCUT2D eigenvalue weighted by atomic mass is 10.0. The Labute approximate surface area is 123 Å². The fourth-order valence-electron chi connectivity index (χ4n) is 1.78. The molecule has 0 saturated heterocycles. The van der Waals surface area contributed by atoms with Crippen molar-refractivity contribution in [2.75, 3.05) is 12.3 Å². The van der Waals surface area contributed by atoms with Gasteiger partial charge in [-0.15, -0.1) is 0 Å². The Morgan fingerprint density at radius 3 is 2.50 bits per heavy atom. The number of hydrogen-bond acceptors (Lipinski definition) is 3. The molecule has 2 aromatic carbocycles. The minimum Gasteiger partial charge on any atom is -0.494 e. The maximum atomic E-state index is 12.3. The summed E-state index contributed by atoms with van der Waals surface area (Å²) in [4.78, 5) is 12.3. The van der Waals surface area contributed by atoms with Crippen molar-refractivity contribution >= 4 is 23.1 Å². The van der Waals surface area contributed by atoms with Gasteiger partial charge in [0.2, 0.25) is 0 Å². The van der Waals surface area contributed by atoms with E-state index in [4.69, 9.17) is 22.1 Å². The summed E-state index contributed by atoms with van der Waals surface area (Å²) in [5.74, 6) is 0.544. The maximum absolute atomic E-state index is 12.3. The molecular formula is C16H16ClNO2. The van der Waals surface area contributed by atoms with Crippen LogP contribution in [0, 0.1) is 0 Å². The summed E-state index contributed by atoms with van der Waals surface area (Å²) >= 11 is 6.16. The number of nitrogen functional groups attached to an aromatic ring is 1. The summed E-state index contributed by atoms with van der Waals surface area (Å²) in [7, 11) is 0. The Kier molecular flexibility index (Phi) is 4.64. The van der Waals surface area contributed by atoms with Gasteiger partial charge in [0, 0.05) is 16.8 Å². The molecule has 20 heavy (non-hydrogen) atoms. The predicted molar refractivity (Wildman–Crippen MR) is 81.5 cm³/mol. The fraction of sp³-hybridized carbons (Fsp3) is 0.188. The number of nitrogens with two attached hydrogens (primary N) is 1. The highest BCUT2D eigenvalue weighted by Gasteiger charge is 2.13. The van der Waals surface area contributed by atoms with Crippen LogP contribution in [0.4, 0.5) is 5.69 Å². The van der Waals surface area contributed by atoms with E-state index in [2.05, 4.69) is 0 Å². The normalized spacial score (nSPS) is 10.3. The van der Waals surface area contributed by atoms with Crippen molar-refractivity contribution in [2.45, 2.75) is 13.3 Å². The van der Waals surface area contributed by atoms with Crippen molar-refractivity contribution in [3.63, 3.8) is 0 Å². The SMILES string of the molecule is CCCOc1ccc(C(=O)c2ccc(N)cc2)c(Cl)c1. The number of ketones is 1. The highest BCUT2D eigenvalue weighted by molar-refractivity contribution is 6.35. The van der Waals surface area contributed by atoms with Crippen LogP contribution in [0.15, 0.2) is 42.5 Å². The zero-order valence-corrected chi connectivity index (χ0v) is 12.0. The van der Waals surface area contributed by atoms with E-state index in [1.165, 1.54) is 0 Å². The second-order valence-corrected chi connectivity index (χ2v) is 4.85. The number of carbonyl (C=O) groups excluding carboxylic acids is 1. The number of benzene rings is 2. The van der Waals surface area contributed by atoms with Gasteiger partial charge in [0.1, 0.15) is 5.75 Å². The minimum absolute atomic E-state index is 0.128. The second kappa shape index (κ2) is 6.44. The highest BCUT2D eigenvalue weighted by Crippen LogP contribution is 2.25. The molecule has 0 spiro atoms. The summed E-state index contributed by atoms with van der Waals surface area (Å²) in [6.07, 6.45) is 0.920. The summed E-state index contributed by atoms with van der Waals surface area (Å²) in [5, 5.41) is 0.389. The second-order valence-electron chi connectivity index (χ2n) is 4.44. The smallest absolute Gasteiger partial charge is 0.194 e. The molecule has 2 rings (SSSR count). The fourth-order valence-corrected chi connectivity index (χ4v) is 2.04. The number of rotatable bonds is 5. The third-order valence-corrected chi connectivity index (χ3v) is 3.14. The van der Waals surface area contributed by atoms with Crippen LogP contribution in [0.5, 0.6) is 5.75 Å². The highest BCUT2D eigenvalue weighted by atomic mass is 35.5. The van der Waals surface area contributed by atoms with Gasteiger partial charge in [-0.05, 0) is 48.9 Å². The molecule has 0 aliphatic heterocycles. The lowest BCUT2D eigenvalue weighted by molar-refractivity contribution is 0.103. The third-order valence-electron chi connectivity index (χ3n) is 2.83. The van der Waals surface area contributed by atoms with Gasteiger partial charge in [0.15, 0.2) is 5.78 Å². The van der Waals surface area contributed by atoms with Gasteiger partial charge in [-0.25, -0.2) is 0 Å². The quantitative estimate of drug-likeness (QED) is 0.670. The Balaban J connectivity index is 2.24. The maximum Gasteiger partial charge on any atom is 0.194 e. The van der Waals surface area contributed by atoms with E-state index in [-0.39, 0.29) is 5.78 Å². The minimum atomic E-state index is -0.128. The van der Waals surface area contributed by atoms with Crippen molar-refractivity contribution in [1.82, 2.24) is 0 Å². The third kappa shape index (κ3) is 3.31. The van der Waals surface area contributed by atoms with Crippen LogP contribution >= 0.6 is 11.6 Å². The lowest BCUT2D eigenvalue weighted by Crippen LogP contribution is -2.03. The van der Waals surface area contributed by atoms with Crippen LogP contribution < -0.4 is 10.5 Å². The van der Waals surface area contributed by atoms with Crippen LogP contribution in [0.3, 0.4) is 0 Å². The van der Waals surface area contributed by atoms with Gasteiger partial charge in [0.25, 0.3) is 0 Å². The molecule has 4 heteroatoms. The van der Waals surface area contributed by atoms with Crippen molar-refractivity contribution in [2.24, 2.45) is 0 Å². The monoisotopic (exact) mass is 289 g/mol. The first kappa shape index (κ1) is 14.4. The molecule has 3 nitrogen and oxygen atoms in total. The van der Waals surface area contributed by atoms with Gasteiger partial charge in [0.05, 0.1) is 11.6 Å². The largest absolute Gasteiger partial charge is 0.494 e. The first-order chi connectivity index (χ1) is 9.61. The standard InChI is InChI=1S/C16H16ClNO2/c1-2-9-20-13-7-8-14(15(17)10-13)16(19)11-3-5-12(18)6-4-11/h3-8,10H,2,9,18H2,1H3. The van der Waals surface area contributed by atoms with E-state index in [9.17, 15) is 4.79 Å². The average Bonchev–Trinajstić information content (AvgIpc) is 2.45. The van der Waals surface area contributed by atoms with Crippen LogP contribution in [-0.2, 0) is 0 Å². The Morgan fingerprint density at radius 1 is 1.20 bits per heavy atom. The van der Waals surface area contributed by atoms with Crippen molar-refractivity contribution < 1.29 is 9.53 Å². The summed E-state index contributed by atoms with van der Waals surface area (Å²) in [6, 6.07) is 11.9. The van der Waals surface area contributed by atoms with E-state index in [1.807, 2.05) is 6.92 Å². The van der Waals surface area contributed by atoms with Crippen molar-refractivity contribution in [3.05, 3.63) is 58.6 Å². The van der Waals surface area contributed by atoms with Crippen LogP contribution in [0.1, 0.15) is 29.3 Å². The molecule has 2 aromatic rings. The molecule has 2 N–H and O–H groups in total. The van der Waals surface area contributed by atoms with Gasteiger partial charge < -0.3 is 10.5 Å². The van der Waals surface area contributed by atoms with Crippen molar-refractivity contribution in [1.29, 1.82) is 0 Å². The Hall–Kier alpha value is -2.00. The summed E-state index contributed by atoms with van der Waals surface area (Å²) in [5.41, 5.74) is 7.25. The molecule has 0 aromatic heterocycles. The lowest BCUT2D eigenvalue weighted by Gasteiger charge is -2.08. The van der Waals surface area contributed by atoms with E-state index >= 15 is 0 Å². The molecule has 0 bridgehead atoms. The van der Waals surface area contributed by atoms with Gasteiger partial charge in [-0.3, -0.25) is 4.79 Å². The molecule has 0 fully saturated rings. The Morgan fingerprint density at radius 2 is 1.90 bits per heavy atom. The van der Waals surface area contributed by atoms with Crippen molar-refractivity contribution in [3.8, 4) is 5.75 Å². The van der Waals surface area contributed by atoms with Crippen LogP contribution in [0.2, 0.25) is 5.02 Å². The molecule has 0 radical (unpaired) electrons. The van der Waals surface area contributed by atoms with E-state index in [0.29, 0.717) is 34.2 Å².